The zero-order chi connectivity index (χ0) is 32.5. The first-order chi connectivity index (χ1) is 22.2. The second-order valence-corrected chi connectivity index (χ2v) is 11.9. The third-order valence-electron chi connectivity index (χ3n) is 7.62. The Hall–Kier alpha value is -5.42. The van der Waals surface area contributed by atoms with Gasteiger partial charge in [0, 0.05) is 23.3 Å². The fourth-order valence-electron chi connectivity index (χ4n) is 5.34. The highest BCUT2D eigenvalue weighted by Gasteiger charge is 2.35. The molecule has 0 saturated carbocycles. The summed E-state index contributed by atoms with van der Waals surface area (Å²) in [4.78, 5) is 43.4. The van der Waals surface area contributed by atoms with E-state index in [1.807, 2.05) is 54.6 Å². The number of nitro benzene ring substituents is 1. The number of esters is 1. The molecule has 11 heteroatoms. The van der Waals surface area contributed by atoms with Gasteiger partial charge in [-0.15, -0.1) is 0 Å². The predicted molar refractivity (Wildman–Crippen MR) is 172 cm³/mol. The van der Waals surface area contributed by atoms with Crippen LogP contribution in [0.2, 0.25) is 0 Å². The van der Waals surface area contributed by atoms with E-state index in [2.05, 4.69) is 13.8 Å². The number of hydrogen-bond donors (Lipinski definition) is 0. The number of fused-ring (bicyclic) bond motifs is 1. The third kappa shape index (κ3) is 5.72. The number of carbonyl (C=O) groups excluding carboxylic acids is 1. The summed E-state index contributed by atoms with van der Waals surface area (Å²) in [5.41, 5.74) is 2.47. The van der Waals surface area contributed by atoms with Gasteiger partial charge in [-0.25, -0.2) is 9.79 Å². The molecule has 1 atom stereocenters. The Labute approximate surface area is 266 Å². The fourth-order valence-corrected chi connectivity index (χ4v) is 6.32. The van der Waals surface area contributed by atoms with Gasteiger partial charge in [0.15, 0.2) is 4.80 Å². The molecule has 2 aromatic heterocycles. The van der Waals surface area contributed by atoms with Crippen molar-refractivity contribution in [2.45, 2.75) is 32.7 Å². The molecule has 3 aromatic carbocycles. The van der Waals surface area contributed by atoms with Crippen molar-refractivity contribution in [2.75, 3.05) is 6.61 Å². The third-order valence-corrected chi connectivity index (χ3v) is 8.60. The van der Waals surface area contributed by atoms with E-state index < -0.39 is 28.4 Å². The number of carbonyl (C=O) groups is 1. The van der Waals surface area contributed by atoms with Gasteiger partial charge in [0.2, 0.25) is 5.82 Å². The quantitative estimate of drug-likeness (QED) is 0.111. The summed E-state index contributed by atoms with van der Waals surface area (Å²) >= 11 is 1.15. The van der Waals surface area contributed by atoms with Gasteiger partial charge in [0.1, 0.15) is 11.5 Å². The summed E-state index contributed by atoms with van der Waals surface area (Å²) in [6, 6.07) is 23.0. The van der Waals surface area contributed by atoms with Crippen molar-refractivity contribution in [3.8, 4) is 11.3 Å². The van der Waals surface area contributed by atoms with Crippen molar-refractivity contribution in [1.29, 1.82) is 0 Å². The summed E-state index contributed by atoms with van der Waals surface area (Å²) in [5, 5.41) is 11.2. The largest absolute Gasteiger partial charge is 0.463 e. The normalized spacial score (nSPS) is 14.7. The van der Waals surface area contributed by atoms with Gasteiger partial charge in [-0.1, -0.05) is 79.8 Å². The molecular weight excluding hydrogens is 609 g/mol. The molecular formula is C35H28FN3O6S. The van der Waals surface area contributed by atoms with Crippen LogP contribution < -0.4 is 14.9 Å². The minimum atomic E-state index is -0.952. The fraction of sp³-hybridized carbons (Fsp3) is 0.171. The number of furan rings is 1. The SMILES string of the molecule is CCOC(=O)C1=C(c2ccccc2)N=c2s/c(=C\c3ccc(-c4ccc(F)c([N+](=O)[O-])c4)o3)c(=O)n2[C@@H]1c1ccc(C(C)C)cc1. The molecule has 3 heterocycles. The summed E-state index contributed by atoms with van der Waals surface area (Å²) in [5.74, 6) is -0.664. The number of aromatic nitrogens is 1. The van der Waals surface area contributed by atoms with Crippen LogP contribution in [-0.4, -0.2) is 22.1 Å². The second-order valence-electron chi connectivity index (χ2n) is 10.9. The van der Waals surface area contributed by atoms with Gasteiger partial charge in [-0.2, -0.15) is 4.39 Å². The van der Waals surface area contributed by atoms with Crippen LogP contribution in [0.25, 0.3) is 23.1 Å². The van der Waals surface area contributed by atoms with Crippen molar-refractivity contribution >= 4 is 34.8 Å². The summed E-state index contributed by atoms with van der Waals surface area (Å²) in [7, 11) is 0. The van der Waals surface area contributed by atoms with E-state index >= 15 is 0 Å². The van der Waals surface area contributed by atoms with Crippen LogP contribution >= 0.6 is 11.3 Å². The topological polar surface area (TPSA) is 117 Å². The Balaban J connectivity index is 1.53. The van der Waals surface area contributed by atoms with Crippen LogP contribution in [0.1, 0.15) is 55.2 Å². The molecule has 0 unspecified atom stereocenters. The number of thiazole rings is 1. The van der Waals surface area contributed by atoms with E-state index in [0.717, 1.165) is 34.6 Å². The van der Waals surface area contributed by atoms with Gasteiger partial charge in [0.25, 0.3) is 5.56 Å². The standard InChI is InChI=1S/C35H28FN3O6S/c1-4-44-34(41)30-31(22-8-6-5-7-9-22)37-35-38(32(30)23-12-10-21(11-13-23)20(2)3)33(40)29(46-35)19-25-15-17-28(45-25)24-14-16-26(36)27(18-24)39(42)43/h5-20,32H,4H2,1-3H3/b29-19-/t32-/m1/s1. The van der Waals surface area contributed by atoms with Crippen LogP contribution in [0.4, 0.5) is 10.1 Å². The van der Waals surface area contributed by atoms with Gasteiger partial charge in [0.05, 0.1) is 33.4 Å². The van der Waals surface area contributed by atoms with E-state index in [1.165, 1.54) is 10.6 Å². The minimum absolute atomic E-state index is 0.145. The zero-order valence-electron chi connectivity index (χ0n) is 25.1. The van der Waals surface area contributed by atoms with E-state index in [4.69, 9.17) is 14.1 Å². The molecule has 1 aliphatic rings. The maximum Gasteiger partial charge on any atom is 0.338 e. The average Bonchev–Trinajstić information content (AvgIpc) is 3.64. The zero-order valence-corrected chi connectivity index (χ0v) is 25.9. The minimum Gasteiger partial charge on any atom is -0.463 e. The average molecular weight is 638 g/mol. The molecule has 0 spiro atoms. The van der Waals surface area contributed by atoms with E-state index in [9.17, 15) is 24.1 Å². The molecule has 0 aliphatic carbocycles. The summed E-state index contributed by atoms with van der Waals surface area (Å²) < 4.78 is 27.1. The van der Waals surface area contributed by atoms with Crippen molar-refractivity contribution in [1.82, 2.24) is 4.57 Å². The maximum absolute atomic E-state index is 14.1. The molecule has 232 valence electrons. The molecule has 0 amide bonds. The highest BCUT2D eigenvalue weighted by atomic mass is 32.1. The smallest absolute Gasteiger partial charge is 0.338 e. The molecule has 0 radical (unpaired) electrons. The number of ether oxygens (including phenoxy) is 1. The van der Waals surface area contributed by atoms with E-state index in [1.54, 1.807) is 25.1 Å². The monoisotopic (exact) mass is 637 g/mol. The lowest BCUT2D eigenvalue weighted by Crippen LogP contribution is -2.40. The Kier molecular flexibility index (Phi) is 8.33. The molecule has 0 N–H and O–H groups in total. The summed E-state index contributed by atoms with van der Waals surface area (Å²) in [6.45, 7) is 6.05. The second kappa shape index (κ2) is 12.5. The number of nitrogens with zero attached hydrogens (tertiary/aromatic N) is 3. The Morgan fingerprint density at radius 2 is 1.83 bits per heavy atom. The van der Waals surface area contributed by atoms with E-state index in [0.29, 0.717) is 31.9 Å². The van der Waals surface area contributed by atoms with Crippen molar-refractivity contribution in [2.24, 2.45) is 4.99 Å². The van der Waals surface area contributed by atoms with Crippen LogP contribution in [-0.2, 0) is 9.53 Å². The first kappa shape index (κ1) is 30.6. The number of rotatable bonds is 8. The lowest BCUT2D eigenvalue weighted by molar-refractivity contribution is -0.387. The van der Waals surface area contributed by atoms with Crippen molar-refractivity contribution < 1.29 is 23.3 Å². The lowest BCUT2D eigenvalue weighted by Gasteiger charge is -2.26. The highest BCUT2D eigenvalue weighted by Crippen LogP contribution is 2.36. The number of hydrogen-bond acceptors (Lipinski definition) is 8. The molecule has 1 aliphatic heterocycles. The van der Waals surface area contributed by atoms with Gasteiger partial charge in [-0.05, 0) is 48.2 Å². The van der Waals surface area contributed by atoms with Gasteiger partial charge in [-0.3, -0.25) is 19.5 Å². The Morgan fingerprint density at radius 3 is 2.50 bits per heavy atom. The lowest BCUT2D eigenvalue weighted by atomic mass is 9.91. The Morgan fingerprint density at radius 1 is 1.09 bits per heavy atom. The van der Waals surface area contributed by atoms with Gasteiger partial charge >= 0.3 is 11.7 Å². The van der Waals surface area contributed by atoms with Crippen molar-refractivity contribution in [3.63, 3.8) is 0 Å². The first-order valence-electron chi connectivity index (χ1n) is 14.6. The van der Waals surface area contributed by atoms with Gasteiger partial charge < -0.3 is 9.15 Å². The molecule has 0 saturated heterocycles. The molecule has 0 fully saturated rings. The molecule has 46 heavy (non-hydrogen) atoms. The highest BCUT2D eigenvalue weighted by molar-refractivity contribution is 7.07. The van der Waals surface area contributed by atoms with Crippen molar-refractivity contribution in [3.05, 3.63) is 149 Å². The number of benzene rings is 3. The molecule has 0 bridgehead atoms. The first-order valence-corrected chi connectivity index (χ1v) is 15.4. The number of nitro groups is 1. The maximum atomic E-state index is 14.1. The molecule has 9 nitrogen and oxygen atoms in total. The Bertz CT molecular complexity index is 2180. The predicted octanol–water partition coefficient (Wildman–Crippen LogP) is 6.37. The van der Waals surface area contributed by atoms with Crippen LogP contribution in [0.15, 0.2) is 105 Å². The molecule has 5 aromatic rings. The van der Waals surface area contributed by atoms with Crippen LogP contribution in [0.5, 0.6) is 0 Å². The number of halogens is 1. The summed E-state index contributed by atoms with van der Waals surface area (Å²) in [6.07, 6.45) is 1.56. The van der Waals surface area contributed by atoms with Crippen LogP contribution in [0, 0.1) is 15.9 Å². The van der Waals surface area contributed by atoms with E-state index in [-0.39, 0.29) is 29.4 Å². The van der Waals surface area contributed by atoms with Crippen LogP contribution in [0.3, 0.4) is 0 Å². The molecule has 6 rings (SSSR count).